The topological polar surface area (TPSA) is 30.9 Å². The molecule has 154 valence electrons. The lowest BCUT2D eigenvalue weighted by Gasteiger charge is -2.44. The van der Waals surface area contributed by atoms with Crippen LogP contribution in [0.3, 0.4) is 0 Å². The molecule has 1 aliphatic heterocycles. The Kier molecular flexibility index (Phi) is 7.10. The highest BCUT2D eigenvalue weighted by atomic mass is 15.5. The molecule has 0 spiro atoms. The Balaban J connectivity index is 1.88. The lowest BCUT2D eigenvalue weighted by Crippen LogP contribution is -2.57. The molecule has 4 heteroatoms. The molecule has 29 heavy (non-hydrogen) atoms. The summed E-state index contributed by atoms with van der Waals surface area (Å²) in [7, 11) is 0. The zero-order valence-corrected chi connectivity index (χ0v) is 18.3. The van der Waals surface area contributed by atoms with Gasteiger partial charge in [-0.3, -0.25) is 4.90 Å². The van der Waals surface area contributed by atoms with Crippen molar-refractivity contribution in [1.82, 2.24) is 15.1 Å². The number of hydrogen-bond donors (Lipinski definition) is 1. The maximum atomic E-state index is 5.12. The Bertz CT molecular complexity index is 878. The van der Waals surface area contributed by atoms with Crippen LogP contribution in [0.4, 0.5) is 5.69 Å². The van der Waals surface area contributed by atoms with Gasteiger partial charge in [-0.25, -0.2) is 4.99 Å². The SMILES string of the molecule is C=C(C)NCc1ccc(C(=Nc2ccccc2C)N2CN(CCCC)C2)c(C)c1. The smallest absolute Gasteiger partial charge is 0.138 e. The second-order valence-corrected chi connectivity index (χ2v) is 8.08. The third kappa shape index (κ3) is 5.48. The molecule has 0 unspecified atom stereocenters. The van der Waals surface area contributed by atoms with Crippen molar-refractivity contribution >= 4 is 11.5 Å². The zero-order chi connectivity index (χ0) is 20.8. The number of benzene rings is 2. The normalized spacial score (nSPS) is 14.6. The number of nitrogens with zero attached hydrogens (tertiary/aromatic N) is 3. The Morgan fingerprint density at radius 1 is 1.10 bits per heavy atom. The molecule has 1 aliphatic rings. The molecule has 0 radical (unpaired) electrons. The van der Waals surface area contributed by atoms with Gasteiger partial charge in [-0.2, -0.15) is 0 Å². The number of aliphatic imine (C=N–C) groups is 1. The van der Waals surface area contributed by atoms with Crippen LogP contribution < -0.4 is 5.32 Å². The molecule has 1 saturated heterocycles. The molecule has 0 amide bonds. The van der Waals surface area contributed by atoms with E-state index in [1.54, 1.807) is 0 Å². The van der Waals surface area contributed by atoms with Crippen molar-refractivity contribution in [2.75, 3.05) is 19.9 Å². The first-order chi connectivity index (χ1) is 14.0. The molecule has 0 saturated carbocycles. The summed E-state index contributed by atoms with van der Waals surface area (Å²) in [5.74, 6) is 1.07. The number of allylic oxidation sites excluding steroid dienone is 1. The molecule has 1 N–H and O–H groups in total. The Labute approximate surface area is 176 Å². The Morgan fingerprint density at radius 3 is 2.52 bits per heavy atom. The lowest BCUT2D eigenvalue weighted by molar-refractivity contribution is 0.0272. The minimum absolute atomic E-state index is 0.801. The van der Waals surface area contributed by atoms with Crippen LogP contribution in [0.25, 0.3) is 0 Å². The molecule has 0 bridgehead atoms. The molecular weight excluding hydrogens is 356 g/mol. The van der Waals surface area contributed by atoms with Gasteiger partial charge in [0.15, 0.2) is 0 Å². The van der Waals surface area contributed by atoms with Crippen molar-refractivity contribution < 1.29 is 0 Å². The summed E-state index contributed by atoms with van der Waals surface area (Å²) in [6.45, 7) is 16.3. The minimum atomic E-state index is 0.801. The van der Waals surface area contributed by atoms with Gasteiger partial charge in [0.25, 0.3) is 0 Å². The van der Waals surface area contributed by atoms with Gasteiger partial charge in [0, 0.05) is 24.4 Å². The van der Waals surface area contributed by atoms with Gasteiger partial charge < -0.3 is 10.2 Å². The second kappa shape index (κ2) is 9.75. The van der Waals surface area contributed by atoms with Crippen molar-refractivity contribution in [3.8, 4) is 0 Å². The second-order valence-electron chi connectivity index (χ2n) is 8.08. The van der Waals surface area contributed by atoms with Crippen LogP contribution in [-0.2, 0) is 6.54 Å². The van der Waals surface area contributed by atoms with Crippen LogP contribution in [-0.4, -0.2) is 35.5 Å². The van der Waals surface area contributed by atoms with E-state index in [9.17, 15) is 0 Å². The standard InChI is InChI=1S/C25H34N4/c1-6-7-14-28-17-29(18-28)25(27-24-11-9-8-10-20(24)4)23-13-12-22(15-21(23)5)16-26-19(2)3/h8-13,15,26H,2,6-7,14,16-18H2,1,3-5H3. The molecule has 1 heterocycles. The summed E-state index contributed by atoms with van der Waals surface area (Å²) in [5.41, 5.74) is 6.96. The van der Waals surface area contributed by atoms with Gasteiger partial charge in [0.2, 0.25) is 0 Å². The van der Waals surface area contributed by atoms with E-state index in [1.165, 1.54) is 35.1 Å². The quantitative estimate of drug-likeness (QED) is 0.488. The summed E-state index contributed by atoms with van der Waals surface area (Å²) in [4.78, 5) is 9.98. The number of amidine groups is 1. The summed E-state index contributed by atoms with van der Waals surface area (Å²) in [6.07, 6.45) is 2.49. The number of rotatable bonds is 8. The number of hydrogen-bond acceptors (Lipinski definition) is 3. The fourth-order valence-corrected chi connectivity index (χ4v) is 3.54. The Morgan fingerprint density at radius 2 is 1.86 bits per heavy atom. The maximum absolute atomic E-state index is 5.12. The van der Waals surface area contributed by atoms with Crippen LogP contribution in [0, 0.1) is 13.8 Å². The van der Waals surface area contributed by atoms with Gasteiger partial charge >= 0.3 is 0 Å². The molecular formula is C25H34N4. The van der Waals surface area contributed by atoms with Gasteiger partial charge in [0.1, 0.15) is 5.84 Å². The van der Waals surface area contributed by atoms with Gasteiger partial charge in [-0.1, -0.05) is 56.3 Å². The number of para-hydroxylation sites is 1. The van der Waals surface area contributed by atoms with E-state index in [4.69, 9.17) is 4.99 Å². The highest BCUT2D eigenvalue weighted by Gasteiger charge is 2.28. The summed E-state index contributed by atoms with van der Waals surface area (Å²) < 4.78 is 0. The van der Waals surface area contributed by atoms with Crippen LogP contribution >= 0.6 is 0 Å². The van der Waals surface area contributed by atoms with Crippen molar-refractivity contribution in [2.45, 2.75) is 47.1 Å². The van der Waals surface area contributed by atoms with E-state index in [1.807, 2.05) is 6.92 Å². The molecule has 4 nitrogen and oxygen atoms in total. The molecule has 2 aromatic carbocycles. The predicted octanol–water partition coefficient (Wildman–Crippen LogP) is 5.34. The summed E-state index contributed by atoms with van der Waals surface area (Å²) in [6, 6.07) is 15.0. The monoisotopic (exact) mass is 390 g/mol. The van der Waals surface area contributed by atoms with Crippen molar-refractivity contribution in [2.24, 2.45) is 4.99 Å². The first-order valence-electron chi connectivity index (χ1n) is 10.6. The lowest BCUT2D eigenvalue weighted by atomic mass is 10.0. The first kappa shape index (κ1) is 21.1. The van der Waals surface area contributed by atoms with Crippen LogP contribution in [0.15, 0.2) is 59.7 Å². The summed E-state index contributed by atoms with van der Waals surface area (Å²) in [5, 5.41) is 3.31. The zero-order valence-electron chi connectivity index (χ0n) is 18.3. The average Bonchev–Trinajstić information content (AvgIpc) is 2.66. The van der Waals surface area contributed by atoms with E-state index in [0.29, 0.717) is 0 Å². The molecule has 3 rings (SSSR count). The third-order valence-electron chi connectivity index (χ3n) is 5.34. The van der Waals surface area contributed by atoms with Crippen LogP contribution in [0.5, 0.6) is 0 Å². The predicted molar refractivity (Wildman–Crippen MR) is 123 cm³/mol. The minimum Gasteiger partial charge on any atom is -0.385 e. The molecule has 0 aliphatic carbocycles. The number of aryl methyl sites for hydroxylation is 2. The molecule has 1 fully saturated rings. The highest BCUT2D eigenvalue weighted by Crippen LogP contribution is 2.25. The largest absolute Gasteiger partial charge is 0.385 e. The highest BCUT2D eigenvalue weighted by molar-refractivity contribution is 6.02. The maximum Gasteiger partial charge on any atom is 0.138 e. The van der Waals surface area contributed by atoms with Crippen molar-refractivity contribution in [3.63, 3.8) is 0 Å². The van der Waals surface area contributed by atoms with E-state index in [-0.39, 0.29) is 0 Å². The molecule has 0 aromatic heterocycles. The van der Waals surface area contributed by atoms with Gasteiger partial charge in [-0.05, 0) is 49.9 Å². The van der Waals surface area contributed by atoms with Gasteiger partial charge in [0.05, 0.1) is 19.0 Å². The first-order valence-corrected chi connectivity index (χ1v) is 10.6. The van der Waals surface area contributed by atoms with Crippen LogP contribution in [0.2, 0.25) is 0 Å². The molecule has 0 atom stereocenters. The molecule has 2 aromatic rings. The fraction of sp³-hybridized carbons (Fsp3) is 0.400. The summed E-state index contributed by atoms with van der Waals surface area (Å²) >= 11 is 0. The van der Waals surface area contributed by atoms with E-state index in [2.05, 4.69) is 84.9 Å². The number of nitrogens with one attached hydrogen (secondary N) is 1. The fourth-order valence-electron chi connectivity index (χ4n) is 3.54. The van der Waals surface area contributed by atoms with E-state index >= 15 is 0 Å². The van der Waals surface area contributed by atoms with E-state index < -0.39 is 0 Å². The Hall–Kier alpha value is -2.59. The van der Waals surface area contributed by atoms with Crippen molar-refractivity contribution in [1.29, 1.82) is 0 Å². The average molecular weight is 391 g/mol. The third-order valence-corrected chi connectivity index (χ3v) is 5.34. The van der Waals surface area contributed by atoms with Gasteiger partial charge in [-0.15, -0.1) is 0 Å². The van der Waals surface area contributed by atoms with E-state index in [0.717, 1.165) is 43.6 Å². The van der Waals surface area contributed by atoms with Crippen molar-refractivity contribution in [3.05, 3.63) is 77.0 Å². The van der Waals surface area contributed by atoms with Crippen LogP contribution in [0.1, 0.15) is 48.9 Å². The number of unbranched alkanes of at least 4 members (excludes halogenated alkanes) is 1.